The van der Waals surface area contributed by atoms with E-state index >= 15 is 0 Å². The zero-order valence-corrected chi connectivity index (χ0v) is 14.1. The van der Waals surface area contributed by atoms with Crippen LogP contribution in [-0.4, -0.2) is 21.6 Å². The van der Waals surface area contributed by atoms with E-state index in [1.54, 1.807) is 12.5 Å². The largest absolute Gasteiger partial charge is 0.373 e. The predicted octanol–water partition coefficient (Wildman–Crippen LogP) is 2.86. The number of hydrogen-bond acceptors (Lipinski definition) is 5. The quantitative estimate of drug-likeness (QED) is 0.668. The highest BCUT2D eigenvalue weighted by Gasteiger charge is 2.40. The summed E-state index contributed by atoms with van der Waals surface area (Å²) in [5.74, 6) is 1.52. The van der Waals surface area contributed by atoms with Gasteiger partial charge in [0.15, 0.2) is 11.5 Å². The Bertz CT molecular complexity index is 914. The molecule has 1 aliphatic heterocycles. The Balaban J connectivity index is 1.98. The van der Waals surface area contributed by atoms with Crippen molar-refractivity contribution in [1.82, 2.24) is 14.5 Å². The molecule has 24 heavy (non-hydrogen) atoms. The minimum atomic E-state index is -0.991. The van der Waals surface area contributed by atoms with Gasteiger partial charge in [-0.3, -0.25) is 10.3 Å². The van der Waals surface area contributed by atoms with E-state index < -0.39 is 5.66 Å². The van der Waals surface area contributed by atoms with Crippen LogP contribution in [-0.2, 0) is 5.66 Å². The van der Waals surface area contributed by atoms with Gasteiger partial charge in [-0.1, -0.05) is 23.7 Å². The van der Waals surface area contributed by atoms with Crippen LogP contribution < -0.4 is 16.4 Å². The molecule has 1 atom stereocenters. The van der Waals surface area contributed by atoms with Crippen molar-refractivity contribution in [2.24, 2.45) is 5.73 Å². The Kier molecular flexibility index (Phi) is 3.26. The standard InChI is InChI=1S/C17H17ClN6/c1-10-4-3-5-11(18)15(10)17(19)13-8-21-9-24(13)16-12(23-17)6-7-14(20-2)22-16/h3-9,23H,19H2,1-2H3,(H,20,22). The zero-order chi connectivity index (χ0) is 16.9. The van der Waals surface area contributed by atoms with Crippen molar-refractivity contribution >= 4 is 23.1 Å². The molecule has 0 saturated carbocycles. The zero-order valence-electron chi connectivity index (χ0n) is 13.3. The van der Waals surface area contributed by atoms with Crippen LogP contribution in [0, 0.1) is 6.92 Å². The molecule has 4 rings (SSSR count). The molecular formula is C17H17ClN6. The topological polar surface area (TPSA) is 80.8 Å². The van der Waals surface area contributed by atoms with E-state index in [0.29, 0.717) is 5.02 Å². The number of hydrogen-bond donors (Lipinski definition) is 3. The van der Waals surface area contributed by atoms with Gasteiger partial charge < -0.3 is 10.6 Å². The summed E-state index contributed by atoms with van der Waals surface area (Å²) in [6, 6.07) is 9.60. The predicted molar refractivity (Wildman–Crippen MR) is 95.7 cm³/mol. The van der Waals surface area contributed by atoms with Gasteiger partial charge in [-0.15, -0.1) is 0 Å². The van der Waals surface area contributed by atoms with E-state index in [0.717, 1.165) is 34.1 Å². The number of nitrogens with zero attached hydrogens (tertiary/aromatic N) is 3. The maximum Gasteiger partial charge on any atom is 0.164 e. The summed E-state index contributed by atoms with van der Waals surface area (Å²) in [5, 5.41) is 7.06. The van der Waals surface area contributed by atoms with Crippen LogP contribution >= 0.6 is 11.6 Å². The normalized spacial score (nSPS) is 18.5. The molecular weight excluding hydrogens is 324 g/mol. The monoisotopic (exact) mass is 340 g/mol. The summed E-state index contributed by atoms with van der Waals surface area (Å²) in [5.41, 5.74) is 9.28. The van der Waals surface area contributed by atoms with Crippen molar-refractivity contribution in [2.75, 3.05) is 17.7 Å². The molecule has 0 spiro atoms. The fourth-order valence-electron chi connectivity index (χ4n) is 3.22. The SMILES string of the molecule is CNc1ccc2c(n1)-n1cncc1C(N)(c1c(C)cccc1Cl)N2. The highest BCUT2D eigenvalue weighted by atomic mass is 35.5. The Morgan fingerprint density at radius 2 is 2.12 bits per heavy atom. The fourth-order valence-corrected chi connectivity index (χ4v) is 3.59. The molecule has 0 bridgehead atoms. The molecule has 0 amide bonds. The Hall–Kier alpha value is -2.57. The van der Waals surface area contributed by atoms with E-state index in [2.05, 4.69) is 20.6 Å². The van der Waals surface area contributed by atoms with Gasteiger partial charge in [-0.05, 0) is 30.7 Å². The lowest BCUT2D eigenvalue weighted by atomic mass is 9.91. The summed E-state index contributed by atoms with van der Waals surface area (Å²) in [6.07, 6.45) is 3.46. The van der Waals surface area contributed by atoms with Crippen LogP contribution in [0.1, 0.15) is 16.8 Å². The third-order valence-corrected chi connectivity index (χ3v) is 4.67. The van der Waals surface area contributed by atoms with Crippen LogP contribution in [0.25, 0.3) is 5.82 Å². The van der Waals surface area contributed by atoms with Crippen molar-refractivity contribution in [2.45, 2.75) is 12.6 Å². The minimum Gasteiger partial charge on any atom is -0.373 e. The highest BCUT2D eigenvalue weighted by molar-refractivity contribution is 6.31. The lowest BCUT2D eigenvalue weighted by molar-refractivity contribution is 0.565. The molecule has 3 aromatic rings. The van der Waals surface area contributed by atoms with Crippen LogP contribution in [0.3, 0.4) is 0 Å². The summed E-state index contributed by atoms with van der Waals surface area (Å²) >= 11 is 6.49. The smallest absolute Gasteiger partial charge is 0.164 e. The Morgan fingerprint density at radius 3 is 2.88 bits per heavy atom. The molecule has 4 N–H and O–H groups in total. The first-order valence-corrected chi connectivity index (χ1v) is 7.97. The molecule has 1 aliphatic rings. The van der Waals surface area contributed by atoms with Crippen LogP contribution in [0.15, 0.2) is 42.9 Å². The van der Waals surface area contributed by atoms with Crippen molar-refractivity contribution in [3.63, 3.8) is 0 Å². The molecule has 0 saturated heterocycles. The number of rotatable bonds is 2. The van der Waals surface area contributed by atoms with E-state index in [4.69, 9.17) is 17.3 Å². The number of fused-ring (bicyclic) bond motifs is 3. The lowest BCUT2D eigenvalue weighted by Crippen LogP contribution is -2.50. The van der Waals surface area contributed by atoms with Crippen LogP contribution in [0.4, 0.5) is 11.5 Å². The molecule has 0 radical (unpaired) electrons. The Labute approximate surface area is 144 Å². The summed E-state index contributed by atoms with van der Waals surface area (Å²) in [7, 11) is 1.83. The van der Waals surface area contributed by atoms with Gasteiger partial charge in [0.2, 0.25) is 0 Å². The van der Waals surface area contributed by atoms with Crippen molar-refractivity contribution < 1.29 is 0 Å². The molecule has 0 aliphatic carbocycles. The van der Waals surface area contributed by atoms with Crippen LogP contribution in [0.2, 0.25) is 5.02 Å². The van der Waals surface area contributed by atoms with E-state index in [-0.39, 0.29) is 0 Å². The first kappa shape index (κ1) is 15.0. The van der Waals surface area contributed by atoms with Gasteiger partial charge in [0.05, 0.1) is 17.6 Å². The molecule has 1 unspecified atom stereocenters. The van der Waals surface area contributed by atoms with Gasteiger partial charge >= 0.3 is 0 Å². The van der Waals surface area contributed by atoms with Crippen molar-refractivity contribution in [3.8, 4) is 5.82 Å². The van der Waals surface area contributed by atoms with Crippen molar-refractivity contribution in [1.29, 1.82) is 0 Å². The van der Waals surface area contributed by atoms with E-state index in [9.17, 15) is 0 Å². The number of nitrogens with one attached hydrogen (secondary N) is 2. The third-order valence-electron chi connectivity index (χ3n) is 4.35. The first-order chi connectivity index (χ1) is 11.5. The summed E-state index contributed by atoms with van der Waals surface area (Å²) in [6.45, 7) is 2.00. The second-order valence-electron chi connectivity index (χ2n) is 5.83. The molecule has 122 valence electrons. The summed E-state index contributed by atoms with van der Waals surface area (Å²) < 4.78 is 1.90. The summed E-state index contributed by atoms with van der Waals surface area (Å²) in [4.78, 5) is 8.89. The van der Waals surface area contributed by atoms with Gasteiger partial charge in [0, 0.05) is 17.6 Å². The average molecular weight is 341 g/mol. The second-order valence-corrected chi connectivity index (χ2v) is 6.24. The number of imidazole rings is 1. The second kappa shape index (κ2) is 5.22. The van der Waals surface area contributed by atoms with Crippen molar-refractivity contribution in [3.05, 3.63) is 64.7 Å². The van der Waals surface area contributed by atoms with Crippen LogP contribution in [0.5, 0.6) is 0 Å². The maximum atomic E-state index is 6.82. The number of nitrogens with two attached hydrogens (primary N) is 1. The average Bonchev–Trinajstić information content (AvgIpc) is 3.05. The van der Waals surface area contributed by atoms with E-state index in [1.165, 1.54) is 0 Å². The van der Waals surface area contributed by atoms with Gasteiger partial charge in [-0.2, -0.15) is 0 Å². The number of benzene rings is 1. The molecule has 0 fully saturated rings. The Morgan fingerprint density at radius 1 is 1.29 bits per heavy atom. The van der Waals surface area contributed by atoms with Gasteiger partial charge in [-0.25, -0.2) is 9.97 Å². The molecule has 6 nitrogen and oxygen atoms in total. The van der Waals surface area contributed by atoms with Gasteiger partial charge in [0.25, 0.3) is 0 Å². The number of halogens is 1. The number of aromatic nitrogens is 3. The molecule has 7 heteroatoms. The maximum absolute atomic E-state index is 6.82. The van der Waals surface area contributed by atoms with Gasteiger partial charge in [0.1, 0.15) is 12.1 Å². The third kappa shape index (κ3) is 2.00. The van der Waals surface area contributed by atoms with E-state index in [1.807, 2.05) is 48.9 Å². The fraction of sp³-hybridized carbons (Fsp3) is 0.176. The highest BCUT2D eigenvalue weighted by Crippen LogP contribution is 2.41. The number of anilines is 2. The molecule has 1 aromatic carbocycles. The minimum absolute atomic E-state index is 0.612. The lowest BCUT2D eigenvalue weighted by Gasteiger charge is -2.38. The number of pyridine rings is 1. The molecule has 3 heterocycles. The number of aryl methyl sites for hydroxylation is 1. The first-order valence-electron chi connectivity index (χ1n) is 7.59. The molecule has 2 aromatic heterocycles.